The minimum absolute atomic E-state index is 0.190. The Morgan fingerprint density at radius 3 is 2.94 bits per heavy atom. The predicted molar refractivity (Wildman–Crippen MR) is 80.7 cm³/mol. The summed E-state index contributed by atoms with van der Waals surface area (Å²) in [7, 11) is 0. The molecule has 18 heavy (non-hydrogen) atoms. The lowest BCUT2D eigenvalue weighted by Crippen LogP contribution is -2.42. The van der Waals surface area contributed by atoms with E-state index in [9.17, 15) is 0 Å². The van der Waals surface area contributed by atoms with Gasteiger partial charge in [0.2, 0.25) is 0 Å². The third-order valence-electron chi connectivity index (χ3n) is 3.37. The molecule has 1 aromatic heterocycles. The Hall–Kier alpha value is -0.170. The molecule has 1 saturated heterocycles. The molecule has 3 atom stereocenters. The van der Waals surface area contributed by atoms with Crippen molar-refractivity contribution in [1.29, 1.82) is 0 Å². The zero-order valence-electron chi connectivity index (χ0n) is 11.0. The first-order valence-corrected chi connectivity index (χ1v) is 8.62. The maximum absolute atomic E-state index is 5.82. The van der Waals surface area contributed by atoms with Gasteiger partial charge in [-0.1, -0.05) is 6.92 Å². The molecule has 1 aliphatic heterocycles. The molecule has 0 bridgehead atoms. The first-order valence-electron chi connectivity index (χ1n) is 6.52. The van der Waals surface area contributed by atoms with Gasteiger partial charge in [0, 0.05) is 34.7 Å². The van der Waals surface area contributed by atoms with Crippen molar-refractivity contribution in [3.8, 4) is 0 Å². The number of aromatic nitrogens is 2. The van der Waals surface area contributed by atoms with Crippen LogP contribution in [-0.2, 0) is 6.54 Å². The summed E-state index contributed by atoms with van der Waals surface area (Å²) in [6.45, 7) is 5.27. The van der Waals surface area contributed by atoms with Gasteiger partial charge in [-0.15, -0.1) is 0 Å². The number of hydrazine groups is 1. The summed E-state index contributed by atoms with van der Waals surface area (Å²) in [5.41, 5.74) is 4.23. The Balaban J connectivity index is 2.21. The Morgan fingerprint density at radius 2 is 2.28 bits per heavy atom. The molecular formula is C12H22N4S2. The predicted octanol–water partition coefficient (Wildman–Crippen LogP) is 2.03. The van der Waals surface area contributed by atoms with E-state index in [-0.39, 0.29) is 6.04 Å². The van der Waals surface area contributed by atoms with Gasteiger partial charge in [-0.3, -0.25) is 16.0 Å². The number of nitrogens with one attached hydrogen (secondary N) is 1. The van der Waals surface area contributed by atoms with Crippen LogP contribution in [0.2, 0.25) is 0 Å². The minimum Gasteiger partial charge on any atom is -0.271 e. The lowest BCUT2D eigenvalue weighted by molar-refractivity contribution is 0.467. The summed E-state index contributed by atoms with van der Waals surface area (Å²) in [6.07, 6.45) is 3.06. The Morgan fingerprint density at radius 1 is 1.50 bits per heavy atom. The number of rotatable bonds is 5. The molecule has 0 aliphatic carbocycles. The molecule has 0 saturated carbocycles. The second kappa shape index (κ2) is 6.84. The van der Waals surface area contributed by atoms with Gasteiger partial charge in [-0.2, -0.15) is 28.6 Å². The van der Waals surface area contributed by atoms with Crippen LogP contribution in [0.5, 0.6) is 0 Å². The fourth-order valence-corrected chi connectivity index (χ4v) is 5.68. The van der Waals surface area contributed by atoms with Crippen LogP contribution in [0, 0.1) is 0 Å². The third kappa shape index (κ3) is 2.87. The van der Waals surface area contributed by atoms with Gasteiger partial charge in [0.25, 0.3) is 0 Å². The van der Waals surface area contributed by atoms with E-state index in [0.29, 0.717) is 10.5 Å². The van der Waals surface area contributed by atoms with Crippen molar-refractivity contribution in [2.24, 2.45) is 5.84 Å². The largest absolute Gasteiger partial charge is 0.271 e. The standard InChI is InChI=1S/C12H22N4S2/c1-3-10-12(18-8-7-17-10)11(15-13)9-5-6-14-16(9)4-2/h5-6,10-12,15H,3-4,7-8,13H2,1-2H3. The number of hydrogen-bond acceptors (Lipinski definition) is 5. The fourth-order valence-electron chi connectivity index (χ4n) is 2.47. The molecule has 0 amide bonds. The normalized spacial score (nSPS) is 26.2. The average Bonchev–Trinajstić information content (AvgIpc) is 2.88. The molecule has 4 nitrogen and oxygen atoms in total. The topological polar surface area (TPSA) is 55.9 Å². The monoisotopic (exact) mass is 286 g/mol. The summed E-state index contributed by atoms with van der Waals surface area (Å²) >= 11 is 4.12. The maximum Gasteiger partial charge on any atom is 0.0758 e. The lowest BCUT2D eigenvalue weighted by Gasteiger charge is -2.35. The fraction of sp³-hybridized carbons (Fsp3) is 0.750. The van der Waals surface area contributed by atoms with Crippen molar-refractivity contribution < 1.29 is 0 Å². The van der Waals surface area contributed by atoms with Crippen LogP contribution < -0.4 is 11.3 Å². The van der Waals surface area contributed by atoms with Crippen molar-refractivity contribution in [2.75, 3.05) is 11.5 Å². The van der Waals surface area contributed by atoms with Crippen molar-refractivity contribution in [3.63, 3.8) is 0 Å². The zero-order chi connectivity index (χ0) is 13.0. The van der Waals surface area contributed by atoms with E-state index in [4.69, 9.17) is 5.84 Å². The summed E-state index contributed by atoms with van der Waals surface area (Å²) in [5, 5.41) is 5.55. The van der Waals surface area contributed by atoms with Crippen LogP contribution in [-0.4, -0.2) is 31.8 Å². The Kier molecular flexibility index (Phi) is 5.41. The van der Waals surface area contributed by atoms with Gasteiger partial charge in [-0.05, 0) is 19.4 Å². The molecule has 6 heteroatoms. The Labute approximate surface area is 117 Å². The smallest absolute Gasteiger partial charge is 0.0758 e. The van der Waals surface area contributed by atoms with Gasteiger partial charge in [0.15, 0.2) is 0 Å². The molecule has 1 fully saturated rings. The summed E-state index contributed by atoms with van der Waals surface area (Å²) in [6, 6.07) is 2.27. The van der Waals surface area contributed by atoms with Crippen LogP contribution in [0.15, 0.2) is 12.3 Å². The van der Waals surface area contributed by atoms with E-state index < -0.39 is 0 Å². The number of nitrogens with zero attached hydrogens (tertiary/aromatic N) is 2. The third-order valence-corrected chi connectivity index (χ3v) is 6.72. The zero-order valence-corrected chi connectivity index (χ0v) is 12.6. The molecule has 3 N–H and O–H groups in total. The second-order valence-electron chi connectivity index (χ2n) is 4.37. The molecule has 2 heterocycles. The minimum atomic E-state index is 0.190. The first kappa shape index (κ1) is 14.2. The highest BCUT2D eigenvalue weighted by Crippen LogP contribution is 2.39. The highest BCUT2D eigenvalue weighted by Gasteiger charge is 2.33. The molecule has 3 unspecified atom stereocenters. The van der Waals surface area contributed by atoms with Crippen molar-refractivity contribution in [1.82, 2.24) is 15.2 Å². The van der Waals surface area contributed by atoms with Crippen molar-refractivity contribution >= 4 is 23.5 Å². The summed E-state index contributed by atoms with van der Waals surface area (Å²) < 4.78 is 2.04. The van der Waals surface area contributed by atoms with E-state index in [1.807, 2.05) is 22.6 Å². The van der Waals surface area contributed by atoms with E-state index in [1.165, 1.54) is 23.6 Å². The van der Waals surface area contributed by atoms with Gasteiger partial charge in [-0.25, -0.2) is 0 Å². The number of aryl methyl sites for hydroxylation is 1. The molecule has 1 aliphatic rings. The van der Waals surface area contributed by atoms with Crippen LogP contribution in [0.3, 0.4) is 0 Å². The maximum atomic E-state index is 5.82. The molecule has 1 aromatic rings. The molecule has 0 aromatic carbocycles. The van der Waals surface area contributed by atoms with Crippen LogP contribution in [0.25, 0.3) is 0 Å². The van der Waals surface area contributed by atoms with E-state index in [2.05, 4.69) is 42.2 Å². The highest BCUT2D eigenvalue weighted by molar-refractivity contribution is 8.07. The van der Waals surface area contributed by atoms with E-state index >= 15 is 0 Å². The SMILES string of the molecule is CCC1SCCSC1C(NN)c1ccnn1CC. The molecule has 0 spiro atoms. The van der Waals surface area contributed by atoms with Gasteiger partial charge < -0.3 is 0 Å². The lowest BCUT2D eigenvalue weighted by atomic mass is 10.1. The quantitative estimate of drug-likeness (QED) is 0.641. The van der Waals surface area contributed by atoms with Crippen LogP contribution >= 0.6 is 23.5 Å². The Bertz CT molecular complexity index is 369. The van der Waals surface area contributed by atoms with E-state index in [0.717, 1.165) is 6.54 Å². The van der Waals surface area contributed by atoms with Crippen molar-refractivity contribution in [3.05, 3.63) is 18.0 Å². The number of thioether (sulfide) groups is 2. The van der Waals surface area contributed by atoms with Gasteiger partial charge in [0.05, 0.1) is 11.7 Å². The average molecular weight is 286 g/mol. The molecule has 0 radical (unpaired) electrons. The first-order chi connectivity index (χ1) is 8.81. The molecule has 102 valence electrons. The highest BCUT2D eigenvalue weighted by atomic mass is 32.2. The number of hydrogen-bond donors (Lipinski definition) is 2. The summed E-state index contributed by atoms with van der Waals surface area (Å²) in [5.74, 6) is 8.29. The van der Waals surface area contributed by atoms with Crippen molar-refractivity contribution in [2.45, 2.75) is 43.4 Å². The van der Waals surface area contributed by atoms with Gasteiger partial charge in [0.1, 0.15) is 0 Å². The van der Waals surface area contributed by atoms with Gasteiger partial charge >= 0.3 is 0 Å². The second-order valence-corrected chi connectivity index (χ2v) is 7.00. The van der Waals surface area contributed by atoms with Crippen LogP contribution in [0.4, 0.5) is 0 Å². The summed E-state index contributed by atoms with van der Waals surface area (Å²) in [4.78, 5) is 0. The molecular weight excluding hydrogens is 264 g/mol. The number of nitrogens with two attached hydrogens (primary N) is 1. The van der Waals surface area contributed by atoms with E-state index in [1.54, 1.807) is 0 Å². The van der Waals surface area contributed by atoms with Crippen LogP contribution in [0.1, 0.15) is 32.0 Å². The molecule has 2 rings (SSSR count).